The average Bonchev–Trinajstić information content (AvgIpc) is 2.69. The third-order valence-electron chi connectivity index (χ3n) is 3.04. The van der Waals surface area contributed by atoms with Crippen LogP contribution < -0.4 is 0 Å². The summed E-state index contributed by atoms with van der Waals surface area (Å²) in [6.45, 7) is 4.13. The van der Waals surface area contributed by atoms with Crippen LogP contribution in [-0.2, 0) is 20.7 Å². The van der Waals surface area contributed by atoms with Crippen molar-refractivity contribution in [3.05, 3.63) is 17.0 Å². The molecule has 0 atom stereocenters. The highest BCUT2D eigenvalue weighted by Gasteiger charge is 2.16. The molecule has 1 heterocycles. The monoisotopic (exact) mass is 268 g/mol. The summed E-state index contributed by atoms with van der Waals surface area (Å²) in [6.07, 6.45) is 1.19. The van der Waals surface area contributed by atoms with Crippen molar-refractivity contribution in [2.45, 2.75) is 33.1 Å². The Morgan fingerprint density at radius 3 is 2.58 bits per heavy atom. The number of likely N-dealkylation sites (N-methyl/N-ethyl adjacent to an activating group) is 1. The van der Waals surface area contributed by atoms with Crippen molar-refractivity contribution >= 4 is 11.9 Å². The number of methoxy groups -OCH3 is 1. The fourth-order valence-corrected chi connectivity index (χ4v) is 1.73. The molecule has 1 aromatic heterocycles. The van der Waals surface area contributed by atoms with Gasteiger partial charge in [-0.25, -0.2) is 0 Å². The zero-order chi connectivity index (χ0) is 14.4. The van der Waals surface area contributed by atoms with Crippen LogP contribution in [0.2, 0.25) is 0 Å². The van der Waals surface area contributed by atoms with Gasteiger partial charge in [0.15, 0.2) is 0 Å². The van der Waals surface area contributed by atoms with E-state index in [2.05, 4.69) is 9.89 Å². The van der Waals surface area contributed by atoms with Crippen LogP contribution in [0.5, 0.6) is 0 Å². The molecule has 0 fully saturated rings. The Labute approximate surface area is 112 Å². The highest BCUT2D eigenvalue weighted by atomic mass is 16.5. The molecule has 6 heteroatoms. The Balaban J connectivity index is 2.43. The number of amides is 1. The van der Waals surface area contributed by atoms with Crippen molar-refractivity contribution in [1.82, 2.24) is 10.1 Å². The van der Waals surface area contributed by atoms with E-state index in [0.717, 1.165) is 11.3 Å². The number of ether oxygens (including phenoxy) is 1. The first-order valence-corrected chi connectivity index (χ1v) is 6.18. The largest absolute Gasteiger partial charge is 0.469 e. The maximum absolute atomic E-state index is 12.0. The molecule has 6 nitrogen and oxygen atoms in total. The van der Waals surface area contributed by atoms with Crippen LogP contribution in [0.25, 0.3) is 0 Å². The van der Waals surface area contributed by atoms with Crippen molar-refractivity contribution in [3.8, 4) is 0 Å². The van der Waals surface area contributed by atoms with E-state index in [1.165, 1.54) is 7.11 Å². The first kappa shape index (κ1) is 15.2. The third-order valence-corrected chi connectivity index (χ3v) is 3.04. The van der Waals surface area contributed by atoms with E-state index in [1.807, 2.05) is 6.92 Å². The number of carbonyl (C=O) groups excluding carboxylic acids is 2. The molecular weight excluding hydrogens is 248 g/mol. The van der Waals surface area contributed by atoms with E-state index < -0.39 is 0 Å². The van der Waals surface area contributed by atoms with E-state index in [4.69, 9.17) is 4.52 Å². The van der Waals surface area contributed by atoms with Gasteiger partial charge in [-0.1, -0.05) is 5.16 Å². The summed E-state index contributed by atoms with van der Waals surface area (Å²) in [7, 11) is 3.08. The van der Waals surface area contributed by atoms with Gasteiger partial charge in [-0.3, -0.25) is 9.59 Å². The van der Waals surface area contributed by atoms with Crippen LogP contribution in [-0.4, -0.2) is 42.6 Å². The normalized spacial score (nSPS) is 10.3. The van der Waals surface area contributed by atoms with Crippen LogP contribution >= 0.6 is 0 Å². The molecule has 0 N–H and O–H groups in total. The summed E-state index contributed by atoms with van der Waals surface area (Å²) in [6, 6.07) is 0. The molecule has 0 aliphatic carbocycles. The molecule has 1 aromatic rings. The fourth-order valence-electron chi connectivity index (χ4n) is 1.73. The van der Waals surface area contributed by atoms with Gasteiger partial charge in [0.25, 0.3) is 0 Å². The molecule has 0 aliphatic rings. The van der Waals surface area contributed by atoms with Gasteiger partial charge in [0.05, 0.1) is 19.2 Å². The van der Waals surface area contributed by atoms with E-state index >= 15 is 0 Å². The molecule has 1 amide bonds. The number of aryl methyl sites for hydroxylation is 2. The molecule has 0 aliphatic heterocycles. The SMILES string of the molecule is COC(=O)CCCN(C)C(=O)Cc1c(C)noc1C. The number of carbonyl (C=O) groups is 2. The number of hydrogen-bond acceptors (Lipinski definition) is 5. The second-order valence-corrected chi connectivity index (χ2v) is 4.47. The quantitative estimate of drug-likeness (QED) is 0.726. The summed E-state index contributed by atoms with van der Waals surface area (Å²) in [5.74, 6) is 0.402. The zero-order valence-corrected chi connectivity index (χ0v) is 11.9. The summed E-state index contributed by atoms with van der Waals surface area (Å²) in [5, 5.41) is 3.82. The Bertz CT molecular complexity index is 434. The molecule has 1 rings (SSSR count). The minimum atomic E-state index is -0.258. The highest BCUT2D eigenvalue weighted by Crippen LogP contribution is 2.13. The van der Waals surface area contributed by atoms with Crippen molar-refractivity contribution in [1.29, 1.82) is 0 Å². The predicted molar refractivity (Wildman–Crippen MR) is 68.6 cm³/mol. The van der Waals surface area contributed by atoms with Gasteiger partial charge in [0.1, 0.15) is 5.76 Å². The molecule has 106 valence electrons. The van der Waals surface area contributed by atoms with Crippen LogP contribution in [0.15, 0.2) is 4.52 Å². The molecule has 0 saturated carbocycles. The van der Waals surface area contributed by atoms with E-state index in [1.54, 1.807) is 18.9 Å². The molecule has 0 radical (unpaired) electrons. The first-order valence-electron chi connectivity index (χ1n) is 6.18. The van der Waals surface area contributed by atoms with Crippen LogP contribution in [0, 0.1) is 13.8 Å². The van der Waals surface area contributed by atoms with Crippen molar-refractivity contribution in [3.63, 3.8) is 0 Å². The number of aromatic nitrogens is 1. The van der Waals surface area contributed by atoms with Crippen molar-refractivity contribution in [2.24, 2.45) is 0 Å². The molecule has 0 aromatic carbocycles. The lowest BCUT2D eigenvalue weighted by atomic mass is 10.1. The van der Waals surface area contributed by atoms with Gasteiger partial charge in [0.2, 0.25) is 5.91 Å². The van der Waals surface area contributed by atoms with Gasteiger partial charge in [0, 0.05) is 25.6 Å². The summed E-state index contributed by atoms with van der Waals surface area (Å²) >= 11 is 0. The second-order valence-electron chi connectivity index (χ2n) is 4.47. The Morgan fingerprint density at radius 2 is 2.05 bits per heavy atom. The molecule has 0 spiro atoms. The summed E-state index contributed by atoms with van der Waals surface area (Å²) in [5.41, 5.74) is 1.58. The second kappa shape index (κ2) is 6.92. The van der Waals surface area contributed by atoms with Crippen molar-refractivity contribution < 1.29 is 18.8 Å². The van der Waals surface area contributed by atoms with Gasteiger partial charge in [-0.05, 0) is 20.3 Å². The summed E-state index contributed by atoms with van der Waals surface area (Å²) in [4.78, 5) is 24.6. The topological polar surface area (TPSA) is 72.6 Å². The minimum absolute atomic E-state index is 0.0146. The van der Waals surface area contributed by atoms with Crippen LogP contribution in [0.3, 0.4) is 0 Å². The number of esters is 1. The first-order chi connectivity index (χ1) is 8.95. The van der Waals surface area contributed by atoms with E-state index in [9.17, 15) is 9.59 Å². The third kappa shape index (κ3) is 4.39. The molecule has 0 bridgehead atoms. The molecule has 19 heavy (non-hydrogen) atoms. The minimum Gasteiger partial charge on any atom is -0.469 e. The smallest absolute Gasteiger partial charge is 0.305 e. The fraction of sp³-hybridized carbons (Fsp3) is 0.615. The maximum Gasteiger partial charge on any atom is 0.305 e. The average molecular weight is 268 g/mol. The van der Waals surface area contributed by atoms with Gasteiger partial charge < -0.3 is 14.2 Å². The Morgan fingerprint density at radius 1 is 1.37 bits per heavy atom. The Kier molecular flexibility index (Phi) is 5.54. The maximum atomic E-state index is 12.0. The lowest BCUT2D eigenvalue weighted by molar-refractivity contribution is -0.141. The van der Waals surface area contributed by atoms with Gasteiger partial charge in [-0.2, -0.15) is 0 Å². The predicted octanol–water partition coefficient (Wildman–Crippen LogP) is 1.25. The van der Waals surface area contributed by atoms with Crippen LogP contribution in [0.1, 0.15) is 29.9 Å². The lowest BCUT2D eigenvalue weighted by Crippen LogP contribution is -2.29. The van der Waals surface area contributed by atoms with Crippen LogP contribution in [0.4, 0.5) is 0 Å². The van der Waals surface area contributed by atoms with Gasteiger partial charge >= 0.3 is 5.97 Å². The molecule has 0 unspecified atom stereocenters. The van der Waals surface area contributed by atoms with Crippen molar-refractivity contribution in [2.75, 3.05) is 20.7 Å². The standard InChI is InChI=1S/C13H20N2O4/c1-9-11(10(2)19-14-9)8-12(16)15(3)7-5-6-13(17)18-4/h5-8H2,1-4H3. The lowest BCUT2D eigenvalue weighted by Gasteiger charge is -2.16. The molecular formula is C13H20N2O4. The summed E-state index contributed by atoms with van der Waals surface area (Å²) < 4.78 is 9.57. The number of hydrogen-bond donors (Lipinski definition) is 0. The number of nitrogens with zero attached hydrogens (tertiary/aromatic N) is 2. The Hall–Kier alpha value is -1.85. The zero-order valence-electron chi connectivity index (χ0n) is 11.9. The van der Waals surface area contributed by atoms with E-state index in [-0.39, 0.29) is 18.3 Å². The van der Waals surface area contributed by atoms with Gasteiger partial charge in [-0.15, -0.1) is 0 Å². The van der Waals surface area contributed by atoms with E-state index in [0.29, 0.717) is 25.1 Å². The highest BCUT2D eigenvalue weighted by molar-refractivity contribution is 5.79. The molecule has 0 saturated heterocycles. The number of rotatable bonds is 6.